The Kier molecular flexibility index (Phi) is 6.33. The van der Waals surface area contributed by atoms with E-state index in [9.17, 15) is 0 Å². The molecule has 0 radical (unpaired) electrons. The van der Waals surface area contributed by atoms with E-state index in [1.54, 1.807) is 6.33 Å². The number of likely N-dealkylation sites (tertiary alicyclic amines) is 1. The maximum atomic E-state index is 4.75. The lowest BCUT2D eigenvalue weighted by atomic mass is 10.2. The molecule has 2 aromatic rings. The van der Waals surface area contributed by atoms with Crippen molar-refractivity contribution in [2.45, 2.75) is 24.8 Å². The topological polar surface area (TPSA) is 58.3 Å². The number of aliphatic imine (C=N–C) groups is 1. The highest BCUT2D eigenvalue weighted by Gasteiger charge is 2.25. The average Bonchev–Trinajstić information content (AvgIpc) is 3.27. The molecule has 0 amide bonds. The quantitative estimate of drug-likeness (QED) is 0.488. The molecule has 1 saturated heterocycles. The van der Waals surface area contributed by atoms with Crippen LogP contribution in [0, 0.1) is 5.92 Å². The average molecular weight is 359 g/mol. The summed E-state index contributed by atoms with van der Waals surface area (Å²) in [5.74, 6) is 3.72. The molecule has 1 aromatic heterocycles. The number of nitrogens with zero attached hydrogens (tertiary/aromatic N) is 5. The molecule has 1 N–H and O–H groups in total. The highest BCUT2D eigenvalue weighted by molar-refractivity contribution is 7.99. The van der Waals surface area contributed by atoms with Gasteiger partial charge >= 0.3 is 0 Å². The lowest BCUT2D eigenvalue weighted by Gasteiger charge is -2.21. The Morgan fingerprint density at radius 1 is 1.36 bits per heavy atom. The minimum atomic E-state index is 0.554. The lowest BCUT2D eigenvalue weighted by molar-refractivity contribution is 0.474. The number of hydrogen-bond acceptors (Lipinski definition) is 4. The van der Waals surface area contributed by atoms with Crippen LogP contribution in [0.1, 0.15) is 19.2 Å². The summed E-state index contributed by atoms with van der Waals surface area (Å²) in [6, 6.07) is 10.6. The van der Waals surface area contributed by atoms with Crippen LogP contribution in [0.3, 0.4) is 0 Å². The predicted octanol–water partition coefficient (Wildman–Crippen LogP) is 2.39. The Labute approximate surface area is 153 Å². The van der Waals surface area contributed by atoms with Crippen molar-refractivity contribution in [2.75, 3.05) is 25.4 Å². The highest BCUT2D eigenvalue weighted by atomic mass is 32.2. The van der Waals surface area contributed by atoms with Crippen molar-refractivity contribution in [2.24, 2.45) is 18.0 Å². The van der Waals surface area contributed by atoms with Gasteiger partial charge in [-0.3, -0.25) is 0 Å². The minimum Gasteiger partial charge on any atom is -0.357 e. The van der Waals surface area contributed by atoms with Crippen LogP contribution in [0.25, 0.3) is 0 Å². The molecule has 1 atom stereocenters. The molecule has 0 aliphatic carbocycles. The van der Waals surface area contributed by atoms with Crippen LogP contribution in [0.15, 0.2) is 46.5 Å². The Morgan fingerprint density at radius 2 is 2.20 bits per heavy atom. The van der Waals surface area contributed by atoms with Crippen LogP contribution < -0.4 is 5.32 Å². The van der Waals surface area contributed by atoms with Gasteiger partial charge in [-0.05, 0) is 31.4 Å². The van der Waals surface area contributed by atoms with E-state index in [2.05, 4.69) is 57.7 Å². The Bertz CT molecular complexity index is 684. The first-order chi connectivity index (χ1) is 12.3. The maximum absolute atomic E-state index is 4.75. The van der Waals surface area contributed by atoms with Gasteiger partial charge in [0.1, 0.15) is 12.9 Å². The second-order valence-corrected chi connectivity index (χ2v) is 7.35. The highest BCUT2D eigenvalue weighted by Crippen LogP contribution is 2.25. The number of aryl methyl sites for hydroxylation is 1. The van der Waals surface area contributed by atoms with Gasteiger partial charge in [0.2, 0.25) is 0 Å². The Hall–Kier alpha value is -2.02. The number of benzene rings is 1. The Balaban J connectivity index is 1.55. The van der Waals surface area contributed by atoms with Gasteiger partial charge in [0.25, 0.3) is 0 Å². The predicted molar refractivity (Wildman–Crippen MR) is 103 cm³/mol. The first-order valence-electron chi connectivity index (χ1n) is 8.80. The molecule has 1 fully saturated rings. The van der Waals surface area contributed by atoms with Crippen molar-refractivity contribution in [3.8, 4) is 0 Å². The molecule has 7 heteroatoms. The summed E-state index contributed by atoms with van der Waals surface area (Å²) in [6.07, 6.45) is 2.93. The summed E-state index contributed by atoms with van der Waals surface area (Å²) in [6.45, 7) is 5.65. The largest absolute Gasteiger partial charge is 0.357 e. The van der Waals surface area contributed by atoms with Crippen molar-refractivity contribution >= 4 is 17.7 Å². The van der Waals surface area contributed by atoms with Crippen molar-refractivity contribution in [1.82, 2.24) is 25.0 Å². The van der Waals surface area contributed by atoms with Crippen molar-refractivity contribution in [3.63, 3.8) is 0 Å². The van der Waals surface area contributed by atoms with Gasteiger partial charge in [0.15, 0.2) is 11.8 Å². The summed E-state index contributed by atoms with van der Waals surface area (Å²) in [5, 5.41) is 11.4. The first kappa shape index (κ1) is 17.8. The van der Waals surface area contributed by atoms with E-state index in [4.69, 9.17) is 4.99 Å². The van der Waals surface area contributed by atoms with E-state index in [1.165, 1.54) is 11.3 Å². The molecule has 1 aliphatic heterocycles. The molecule has 0 bridgehead atoms. The monoisotopic (exact) mass is 358 g/mol. The smallest absolute Gasteiger partial charge is 0.194 e. The normalized spacial score (nSPS) is 17.9. The molecule has 2 heterocycles. The third-order valence-electron chi connectivity index (χ3n) is 4.32. The van der Waals surface area contributed by atoms with E-state index in [-0.39, 0.29) is 0 Å². The van der Waals surface area contributed by atoms with Crippen LogP contribution >= 0.6 is 11.8 Å². The van der Waals surface area contributed by atoms with Crippen LogP contribution in [-0.2, 0) is 13.6 Å². The van der Waals surface area contributed by atoms with Crippen LogP contribution in [-0.4, -0.2) is 51.0 Å². The summed E-state index contributed by atoms with van der Waals surface area (Å²) >= 11 is 1.95. The molecule has 3 rings (SSSR count). The fraction of sp³-hybridized carbons (Fsp3) is 0.500. The molecule has 0 spiro atoms. The van der Waals surface area contributed by atoms with Gasteiger partial charge in [-0.25, -0.2) is 4.99 Å². The molecule has 0 saturated carbocycles. The number of thioether (sulfide) groups is 1. The SMILES string of the molecule is CCNC(=NCc1nncn1C)N1CCC(CSc2ccccc2)C1. The first-order valence-corrected chi connectivity index (χ1v) is 9.78. The summed E-state index contributed by atoms with van der Waals surface area (Å²) in [5.41, 5.74) is 0. The van der Waals surface area contributed by atoms with Gasteiger partial charge in [-0.15, -0.1) is 22.0 Å². The Morgan fingerprint density at radius 3 is 2.92 bits per heavy atom. The van der Waals surface area contributed by atoms with Crippen LogP contribution in [0.2, 0.25) is 0 Å². The van der Waals surface area contributed by atoms with Crippen molar-refractivity contribution < 1.29 is 0 Å². The standard InChI is InChI=1S/C18H26N6S/c1-3-19-18(20-11-17-22-21-14-23(17)2)24-10-9-15(12-24)13-25-16-7-5-4-6-8-16/h4-8,14-15H,3,9-13H2,1-2H3,(H,19,20). The second kappa shape index (κ2) is 8.89. The van der Waals surface area contributed by atoms with Gasteiger partial charge < -0.3 is 14.8 Å². The van der Waals surface area contributed by atoms with E-state index in [0.29, 0.717) is 12.5 Å². The molecule has 6 nitrogen and oxygen atoms in total. The molecule has 134 valence electrons. The molecular formula is C18H26N6S. The third kappa shape index (κ3) is 4.98. The second-order valence-electron chi connectivity index (χ2n) is 6.25. The fourth-order valence-electron chi connectivity index (χ4n) is 2.91. The van der Waals surface area contributed by atoms with Gasteiger partial charge in [0, 0.05) is 37.3 Å². The van der Waals surface area contributed by atoms with Gasteiger partial charge in [-0.2, -0.15) is 0 Å². The van der Waals surface area contributed by atoms with Gasteiger partial charge in [0.05, 0.1) is 0 Å². The van der Waals surface area contributed by atoms with Gasteiger partial charge in [-0.1, -0.05) is 18.2 Å². The number of hydrogen-bond donors (Lipinski definition) is 1. The van der Waals surface area contributed by atoms with E-state index >= 15 is 0 Å². The summed E-state index contributed by atoms with van der Waals surface area (Å²) in [4.78, 5) is 8.47. The third-order valence-corrected chi connectivity index (χ3v) is 5.57. The number of aromatic nitrogens is 3. The van der Waals surface area contributed by atoms with Crippen molar-refractivity contribution in [3.05, 3.63) is 42.5 Å². The maximum Gasteiger partial charge on any atom is 0.194 e. The molecular weight excluding hydrogens is 332 g/mol. The molecule has 1 aromatic carbocycles. The number of nitrogens with one attached hydrogen (secondary N) is 1. The zero-order chi connectivity index (χ0) is 17.5. The molecule has 25 heavy (non-hydrogen) atoms. The minimum absolute atomic E-state index is 0.554. The lowest BCUT2D eigenvalue weighted by Crippen LogP contribution is -2.40. The fourth-order valence-corrected chi connectivity index (χ4v) is 3.96. The molecule has 1 unspecified atom stereocenters. The summed E-state index contributed by atoms with van der Waals surface area (Å²) in [7, 11) is 1.95. The van der Waals surface area contributed by atoms with E-state index in [0.717, 1.165) is 37.2 Å². The van der Waals surface area contributed by atoms with Crippen molar-refractivity contribution in [1.29, 1.82) is 0 Å². The van der Waals surface area contributed by atoms with E-state index < -0.39 is 0 Å². The van der Waals surface area contributed by atoms with E-state index in [1.807, 2.05) is 23.4 Å². The van der Waals surface area contributed by atoms with Crippen LogP contribution in [0.4, 0.5) is 0 Å². The molecule has 1 aliphatic rings. The zero-order valence-electron chi connectivity index (χ0n) is 14.9. The number of rotatable bonds is 6. The zero-order valence-corrected chi connectivity index (χ0v) is 15.7. The summed E-state index contributed by atoms with van der Waals surface area (Å²) < 4.78 is 1.91. The number of guanidine groups is 1. The van der Waals surface area contributed by atoms with Crippen LogP contribution in [0.5, 0.6) is 0 Å².